The first kappa shape index (κ1) is 9.32. The molecule has 0 aromatic carbocycles. The van der Waals surface area contributed by atoms with E-state index in [2.05, 4.69) is 10.5 Å². The molecule has 12 heavy (non-hydrogen) atoms. The zero-order chi connectivity index (χ0) is 9.03. The molecule has 0 saturated heterocycles. The Morgan fingerprint density at radius 2 is 2.00 bits per heavy atom. The summed E-state index contributed by atoms with van der Waals surface area (Å²) >= 11 is 0. The van der Waals surface area contributed by atoms with Gasteiger partial charge in [-0.3, -0.25) is 0 Å². The van der Waals surface area contributed by atoms with E-state index in [1.165, 1.54) is 6.42 Å². The van der Waals surface area contributed by atoms with Crippen LogP contribution in [0.5, 0.6) is 0 Å². The summed E-state index contributed by atoms with van der Waals surface area (Å²) in [5.74, 6) is 0.324. The summed E-state index contributed by atoms with van der Waals surface area (Å²) in [7, 11) is 1.86. The standard InChI is InChI=1S/C8H17N3O/c1-10-8(7(9)11-12)5-3-2-4-6-8/h10,12H,2-6H2,1H3,(H2,9,11). The Hall–Kier alpha value is -0.770. The minimum atomic E-state index is -0.243. The lowest BCUT2D eigenvalue weighted by Crippen LogP contribution is -2.55. The first-order valence-electron chi connectivity index (χ1n) is 4.42. The molecule has 0 bridgehead atoms. The first-order valence-corrected chi connectivity index (χ1v) is 4.42. The van der Waals surface area contributed by atoms with Crippen LogP contribution in [0.3, 0.4) is 0 Å². The third-order valence-corrected chi connectivity index (χ3v) is 2.78. The lowest BCUT2D eigenvalue weighted by molar-refractivity contribution is 0.285. The van der Waals surface area contributed by atoms with Gasteiger partial charge in [-0.25, -0.2) is 0 Å². The van der Waals surface area contributed by atoms with Crippen molar-refractivity contribution in [3.8, 4) is 0 Å². The Morgan fingerprint density at radius 1 is 1.42 bits per heavy atom. The number of rotatable bonds is 2. The van der Waals surface area contributed by atoms with E-state index in [1.807, 2.05) is 7.05 Å². The van der Waals surface area contributed by atoms with Crippen LogP contribution in [0.2, 0.25) is 0 Å². The molecule has 0 unspecified atom stereocenters. The molecule has 0 aliphatic heterocycles. The molecule has 0 spiro atoms. The summed E-state index contributed by atoms with van der Waals surface area (Å²) in [6, 6.07) is 0. The van der Waals surface area contributed by atoms with Crippen LogP contribution >= 0.6 is 0 Å². The number of oxime groups is 1. The fourth-order valence-electron chi connectivity index (χ4n) is 1.89. The second-order valence-electron chi connectivity index (χ2n) is 3.38. The second-order valence-corrected chi connectivity index (χ2v) is 3.38. The molecule has 4 nitrogen and oxygen atoms in total. The second kappa shape index (κ2) is 3.76. The molecule has 0 atom stereocenters. The summed E-state index contributed by atoms with van der Waals surface area (Å²) in [6.45, 7) is 0. The number of nitrogens with one attached hydrogen (secondary N) is 1. The highest BCUT2D eigenvalue weighted by molar-refractivity contribution is 5.89. The van der Waals surface area contributed by atoms with Gasteiger partial charge in [-0.1, -0.05) is 24.4 Å². The smallest absolute Gasteiger partial charge is 0.159 e. The van der Waals surface area contributed by atoms with E-state index in [4.69, 9.17) is 10.9 Å². The number of amidine groups is 1. The molecule has 0 radical (unpaired) electrons. The fraction of sp³-hybridized carbons (Fsp3) is 0.875. The maximum absolute atomic E-state index is 8.61. The van der Waals surface area contributed by atoms with E-state index in [-0.39, 0.29) is 5.54 Å². The van der Waals surface area contributed by atoms with Gasteiger partial charge in [0.2, 0.25) is 0 Å². The Morgan fingerprint density at radius 3 is 2.42 bits per heavy atom. The van der Waals surface area contributed by atoms with Gasteiger partial charge in [0, 0.05) is 0 Å². The maximum Gasteiger partial charge on any atom is 0.159 e. The van der Waals surface area contributed by atoms with Crippen LogP contribution in [0, 0.1) is 0 Å². The van der Waals surface area contributed by atoms with Gasteiger partial charge in [-0.15, -0.1) is 0 Å². The first-order chi connectivity index (χ1) is 5.75. The highest BCUT2D eigenvalue weighted by Gasteiger charge is 2.34. The Balaban J connectivity index is 2.73. The molecule has 0 amide bonds. The normalized spacial score (nSPS) is 23.9. The van der Waals surface area contributed by atoms with Crippen LogP contribution in [-0.2, 0) is 0 Å². The minimum Gasteiger partial charge on any atom is -0.409 e. The van der Waals surface area contributed by atoms with Crippen molar-refractivity contribution >= 4 is 5.84 Å². The van der Waals surface area contributed by atoms with Crippen molar-refractivity contribution in [1.29, 1.82) is 0 Å². The molecule has 1 aliphatic rings. The molecule has 4 heteroatoms. The number of likely N-dealkylation sites (N-methyl/N-ethyl adjacent to an activating group) is 1. The molecule has 0 aromatic rings. The highest BCUT2D eigenvalue weighted by Crippen LogP contribution is 2.27. The summed E-state index contributed by atoms with van der Waals surface area (Å²) in [5.41, 5.74) is 5.39. The molecule has 1 fully saturated rings. The van der Waals surface area contributed by atoms with Crippen molar-refractivity contribution < 1.29 is 5.21 Å². The van der Waals surface area contributed by atoms with Crippen molar-refractivity contribution in [2.45, 2.75) is 37.6 Å². The van der Waals surface area contributed by atoms with E-state index < -0.39 is 0 Å². The SMILES string of the molecule is CNC1(/C(N)=N/O)CCCCC1. The Kier molecular flexibility index (Phi) is 2.92. The third-order valence-electron chi connectivity index (χ3n) is 2.78. The summed E-state index contributed by atoms with van der Waals surface area (Å²) in [6.07, 6.45) is 5.50. The molecule has 1 saturated carbocycles. The van der Waals surface area contributed by atoms with Gasteiger partial charge in [0.1, 0.15) is 0 Å². The van der Waals surface area contributed by atoms with Crippen molar-refractivity contribution in [3.63, 3.8) is 0 Å². The summed E-state index contributed by atoms with van der Waals surface area (Å²) in [4.78, 5) is 0. The van der Waals surface area contributed by atoms with Gasteiger partial charge in [0.15, 0.2) is 5.84 Å². The van der Waals surface area contributed by atoms with E-state index in [0.717, 1.165) is 25.7 Å². The average Bonchev–Trinajstić information content (AvgIpc) is 2.17. The molecule has 70 valence electrons. The molecular weight excluding hydrogens is 154 g/mol. The predicted octanol–water partition coefficient (Wildman–Crippen LogP) is 0.655. The quantitative estimate of drug-likeness (QED) is 0.247. The highest BCUT2D eigenvalue weighted by atomic mass is 16.4. The van der Waals surface area contributed by atoms with Crippen molar-refractivity contribution in [3.05, 3.63) is 0 Å². The van der Waals surface area contributed by atoms with Crippen LogP contribution in [0.1, 0.15) is 32.1 Å². The van der Waals surface area contributed by atoms with Crippen LogP contribution in [0.4, 0.5) is 0 Å². The predicted molar refractivity (Wildman–Crippen MR) is 48.3 cm³/mol. The van der Waals surface area contributed by atoms with E-state index >= 15 is 0 Å². The fourth-order valence-corrected chi connectivity index (χ4v) is 1.89. The number of hydrogen-bond donors (Lipinski definition) is 3. The van der Waals surface area contributed by atoms with Crippen LogP contribution in [0.15, 0.2) is 5.16 Å². The van der Waals surface area contributed by atoms with Crippen molar-refractivity contribution in [2.75, 3.05) is 7.05 Å². The van der Waals surface area contributed by atoms with Crippen LogP contribution < -0.4 is 11.1 Å². The lowest BCUT2D eigenvalue weighted by Gasteiger charge is -2.35. The van der Waals surface area contributed by atoms with Gasteiger partial charge in [-0.05, 0) is 19.9 Å². The topological polar surface area (TPSA) is 70.6 Å². The molecule has 0 heterocycles. The van der Waals surface area contributed by atoms with Gasteiger partial charge < -0.3 is 16.3 Å². The zero-order valence-corrected chi connectivity index (χ0v) is 7.51. The number of hydrogen-bond acceptors (Lipinski definition) is 3. The van der Waals surface area contributed by atoms with Gasteiger partial charge >= 0.3 is 0 Å². The number of nitrogens with zero attached hydrogens (tertiary/aromatic N) is 1. The third kappa shape index (κ3) is 1.53. The Bertz CT molecular complexity index is 173. The van der Waals surface area contributed by atoms with Crippen molar-refractivity contribution in [2.24, 2.45) is 10.9 Å². The average molecular weight is 171 g/mol. The summed E-state index contributed by atoms with van der Waals surface area (Å²) < 4.78 is 0. The van der Waals surface area contributed by atoms with Gasteiger partial charge in [0.25, 0.3) is 0 Å². The van der Waals surface area contributed by atoms with Crippen LogP contribution in [0.25, 0.3) is 0 Å². The Labute approximate surface area is 72.8 Å². The summed E-state index contributed by atoms with van der Waals surface area (Å²) in [5, 5.41) is 14.8. The van der Waals surface area contributed by atoms with E-state index in [0.29, 0.717) is 5.84 Å². The number of nitrogens with two attached hydrogens (primary N) is 1. The minimum absolute atomic E-state index is 0.243. The molecular formula is C8H17N3O. The van der Waals surface area contributed by atoms with E-state index in [1.54, 1.807) is 0 Å². The largest absolute Gasteiger partial charge is 0.409 e. The maximum atomic E-state index is 8.61. The van der Waals surface area contributed by atoms with Crippen LogP contribution in [-0.4, -0.2) is 23.6 Å². The van der Waals surface area contributed by atoms with Crippen molar-refractivity contribution in [1.82, 2.24) is 5.32 Å². The van der Waals surface area contributed by atoms with Gasteiger partial charge in [0.05, 0.1) is 5.54 Å². The molecule has 4 N–H and O–H groups in total. The molecule has 1 aliphatic carbocycles. The molecule has 0 aromatic heterocycles. The van der Waals surface area contributed by atoms with E-state index in [9.17, 15) is 0 Å². The van der Waals surface area contributed by atoms with Gasteiger partial charge in [-0.2, -0.15) is 0 Å². The lowest BCUT2D eigenvalue weighted by atomic mass is 9.81. The zero-order valence-electron chi connectivity index (χ0n) is 7.51. The molecule has 1 rings (SSSR count). The monoisotopic (exact) mass is 171 g/mol.